The molecular weight excluding hydrogens is 286 g/mol. The van der Waals surface area contributed by atoms with Gasteiger partial charge in [0.15, 0.2) is 11.5 Å². The minimum absolute atomic E-state index is 0. The maximum atomic E-state index is 5.87. The van der Waals surface area contributed by atoms with Gasteiger partial charge in [-0.3, -0.25) is 0 Å². The molecule has 1 unspecified atom stereocenters. The van der Waals surface area contributed by atoms with Crippen LogP contribution in [-0.4, -0.2) is 26.3 Å². The van der Waals surface area contributed by atoms with E-state index in [1.54, 1.807) is 7.11 Å². The van der Waals surface area contributed by atoms with E-state index in [1.165, 1.54) is 24.8 Å². The lowest BCUT2D eigenvalue weighted by Gasteiger charge is -2.23. The lowest BCUT2D eigenvalue weighted by Crippen LogP contribution is -2.35. The first kappa shape index (κ1) is 17.9. The highest BCUT2D eigenvalue weighted by molar-refractivity contribution is 5.85. The van der Waals surface area contributed by atoms with Gasteiger partial charge >= 0.3 is 0 Å². The second-order valence-electron chi connectivity index (χ2n) is 5.26. The minimum atomic E-state index is 0. The van der Waals surface area contributed by atoms with Crippen molar-refractivity contribution in [2.24, 2.45) is 0 Å². The van der Waals surface area contributed by atoms with E-state index in [0.29, 0.717) is 6.04 Å². The molecule has 0 spiro atoms. The molecule has 118 valence electrons. The number of ether oxygens (including phenoxy) is 2. The first-order valence-electron chi connectivity index (χ1n) is 7.47. The Kier molecular flexibility index (Phi) is 8.24. The topological polar surface area (TPSA) is 30.5 Å². The lowest BCUT2D eigenvalue weighted by molar-refractivity contribution is 0.257. The van der Waals surface area contributed by atoms with Crippen molar-refractivity contribution in [3.8, 4) is 11.5 Å². The van der Waals surface area contributed by atoms with E-state index in [2.05, 4.69) is 18.0 Å². The number of allylic oxidation sites excluding steroid dienone is 1. The maximum absolute atomic E-state index is 5.87. The first-order chi connectivity index (χ1) is 9.83. The molecule has 21 heavy (non-hydrogen) atoms. The number of rotatable bonds is 7. The molecule has 1 N–H and O–H groups in total. The van der Waals surface area contributed by atoms with E-state index in [1.807, 2.05) is 18.2 Å². The number of halogens is 1. The maximum Gasteiger partial charge on any atom is 0.161 e. The number of benzene rings is 1. The van der Waals surface area contributed by atoms with Crippen molar-refractivity contribution in [1.82, 2.24) is 5.32 Å². The third-order valence-electron chi connectivity index (χ3n) is 3.74. The molecule has 1 aromatic carbocycles. The van der Waals surface area contributed by atoms with E-state index in [4.69, 9.17) is 9.47 Å². The van der Waals surface area contributed by atoms with E-state index < -0.39 is 0 Å². The third kappa shape index (κ3) is 5.60. The van der Waals surface area contributed by atoms with Gasteiger partial charge in [-0.05, 0) is 49.9 Å². The van der Waals surface area contributed by atoms with Gasteiger partial charge in [-0.15, -0.1) is 19.0 Å². The molecule has 1 saturated heterocycles. The molecule has 2 rings (SSSR count). The van der Waals surface area contributed by atoms with Crippen molar-refractivity contribution in [3.63, 3.8) is 0 Å². The van der Waals surface area contributed by atoms with Crippen LogP contribution in [0.25, 0.3) is 0 Å². The Morgan fingerprint density at radius 2 is 2.19 bits per heavy atom. The fraction of sp³-hybridized carbons (Fsp3) is 0.529. The average molecular weight is 312 g/mol. The summed E-state index contributed by atoms with van der Waals surface area (Å²) in [6.07, 6.45) is 7.69. The van der Waals surface area contributed by atoms with Crippen molar-refractivity contribution >= 4 is 12.4 Å². The summed E-state index contributed by atoms with van der Waals surface area (Å²) >= 11 is 0. The van der Waals surface area contributed by atoms with Crippen molar-refractivity contribution < 1.29 is 9.47 Å². The Labute approximate surface area is 134 Å². The lowest BCUT2D eigenvalue weighted by atomic mass is 10.0. The molecule has 0 radical (unpaired) electrons. The number of nitrogens with one attached hydrogen (secondary N) is 1. The summed E-state index contributed by atoms with van der Waals surface area (Å²) < 4.78 is 11.3. The molecule has 0 saturated carbocycles. The highest BCUT2D eigenvalue weighted by Gasteiger charge is 2.13. The van der Waals surface area contributed by atoms with Crippen molar-refractivity contribution in [2.75, 3.05) is 20.3 Å². The van der Waals surface area contributed by atoms with E-state index in [-0.39, 0.29) is 12.4 Å². The highest BCUT2D eigenvalue weighted by Crippen LogP contribution is 2.28. The zero-order valence-corrected chi connectivity index (χ0v) is 13.6. The molecule has 0 bridgehead atoms. The monoisotopic (exact) mass is 311 g/mol. The predicted molar refractivity (Wildman–Crippen MR) is 89.9 cm³/mol. The molecule has 0 aromatic heterocycles. The average Bonchev–Trinajstić information content (AvgIpc) is 2.50. The molecule has 1 heterocycles. The van der Waals surface area contributed by atoms with Crippen LogP contribution in [0.3, 0.4) is 0 Å². The van der Waals surface area contributed by atoms with Crippen LogP contribution in [0.5, 0.6) is 11.5 Å². The van der Waals surface area contributed by atoms with Crippen LogP contribution in [-0.2, 0) is 6.42 Å². The first-order valence-corrected chi connectivity index (χ1v) is 7.47. The summed E-state index contributed by atoms with van der Waals surface area (Å²) in [5.74, 6) is 1.64. The van der Waals surface area contributed by atoms with E-state index >= 15 is 0 Å². The van der Waals surface area contributed by atoms with Crippen LogP contribution in [0.1, 0.15) is 31.2 Å². The van der Waals surface area contributed by atoms with Gasteiger partial charge in [-0.1, -0.05) is 18.6 Å². The Morgan fingerprint density at radius 1 is 1.33 bits per heavy atom. The summed E-state index contributed by atoms with van der Waals surface area (Å²) in [5.41, 5.74) is 1.19. The summed E-state index contributed by atoms with van der Waals surface area (Å²) in [4.78, 5) is 0. The van der Waals surface area contributed by atoms with Crippen LogP contribution >= 0.6 is 12.4 Å². The van der Waals surface area contributed by atoms with Gasteiger partial charge in [0, 0.05) is 6.04 Å². The molecule has 0 aliphatic carbocycles. The standard InChI is InChI=1S/C17H25NO2.ClH/c1-3-6-14-8-9-16(17(13-14)19-2)20-12-10-15-7-4-5-11-18-15;/h3,8-9,13,15,18H,1,4-7,10-12H2,2H3;1H. The molecule has 0 amide bonds. The van der Waals surface area contributed by atoms with Gasteiger partial charge in [0.25, 0.3) is 0 Å². The van der Waals surface area contributed by atoms with Crippen molar-refractivity contribution in [3.05, 3.63) is 36.4 Å². The molecular formula is C17H26ClNO2. The summed E-state index contributed by atoms with van der Waals surface area (Å²) in [6.45, 7) is 5.63. The molecule has 1 atom stereocenters. The Morgan fingerprint density at radius 3 is 2.86 bits per heavy atom. The van der Waals surface area contributed by atoms with Crippen LogP contribution in [0.4, 0.5) is 0 Å². The molecule has 1 fully saturated rings. The van der Waals surface area contributed by atoms with Crippen LogP contribution in [0.15, 0.2) is 30.9 Å². The largest absolute Gasteiger partial charge is 0.493 e. The third-order valence-corrected chi connectivity index (χ3v) is 3.74. The van der Waals surface area contributed by atoms with Gasteiger partial charge < -0.3 is 14.8 Å². The Balaban J connectivity index is 0.00000220. The minimum Gasteiger partial charge on any atom is -0.493 e. The smallest absolute Gasteiger partial charge is 0.161 e. The molecule has 3 nitrogen and oxygen atoms in total. The van der Waals surface area contributed by atoms with Gasteiger partial charge in [0.1, 0.15) is 0 Å². The van der Waals surface area contributed by atoms with Gasteiger partial charge in [0.2, 0.25) is 0 Å². The normalized spacial score (nSPS) is 17.7. The van der Waals surface area contributed by atoms with Crippen LogP contribution in [0, 0.1) is 0 Å². The quantitative estimate of drug-likeness (QED) is 0.778. The van der Waals surface area contributed by atoms with E-state index in [0.717, 1.165) is 37.5 Å². The number of methoxy groups -OCH3 is 1. The molecule has 1 aliphatic rings. The highest BCUT2D eigenvalue weighted by atomic mass is 35.5. The number of hydrogen-bond acceptors (Lipinski definition) is 3. The Hall–Kier alpha value is -1.19. The summed E-state index contributed by atoms with van der Waals surface area (Å²) in [7, 11) is 1.68. The molecule has 1 aromatic rings. The zero-order chi connectivity index (χ0) is 14.2. The van der Waals surface area contributed by atoms with Crippen LogP contribution in [0.2, 0.25) is 0 Å². The van der Waals surface area contributed by atoms with Gasteiger partial charge in [-0.2, -0.15) is 0 Å². The molecule has 4 heteroatoms. The van der Waals surface area contributed by atoms with Gasteiger partial charge in [-0.25, -0.2) is 0 Å². The second kappa shape index (κ2) is 9.69. The van der Waals surface area contributed by atoms with Crippen molar-refractivity contribution in [1.29, 1.82) is 0 Å². The summed E-state index contributed by atoms with van der Waals surface area (Å²) in [5, 5.41) is 3.54. The molecule has 1 aliphatic heterocycles. The summed E-state index contributed by atoms with van der Waals surface area (Å²) in [6, 6.07) is 6.69. The van der Waals surface area contributed by atoms with Crippen LogP contribution < -0.4 is 14.8 Å². The number of hydrogen-bond donors (Lipinski definition) is 1. The fourth-order valence-electron chi connectivity index (χ4n) is 2.61. The van der Waals surface area contributed by atoms with Crippen molar-refractivity contribution in [2.45, 2.75) is 38.1 Å². The Bertz CT molecular complexity index is 431. The van der Waals surface area contributed by atoms with Gasteiger partial charge in [0.05, 0.1) is 13.7 Å². The second-order valence-corrected chi connectivity index (χ2v) is 5.26. The number of piperidine rings is 1. The van der Waals surface area contributed by atoms with E-state index in [9.17, 15) is 0 Å². The SMILES string of the molecule is C=CCc1ccc(OCCC2CCCCN2)c(OC)c1.Cl. The predicted octanol–water partition coefficient (Wildman–Crippen LogP) is 3.76. The fourth-order valence-corrected chi connectivity index (χ4v) is 2.61. The zero-order valence-electron chi connectivity index (χ0n) is 12.8.